The van der Waals surface area contributed by atoms with Gasteiger partial charge in [0.15, 0.2) is 0 Å². The Morgan fingerprint density at radius 3 is 1.14 bits per heavy atom. The van der Waals surface area contributed by atoms with Crippen LogP contribution in [0.5, 0.6) is 0 Å². The van der Waals surface area contributed by atoms with Gasteiger partial charge in [0.2, 0.25) is 0 Å². The summed E-state index contributed by atoms with van der Waals surface area (Å²) in [5.74, 6) is 0. The summed E-state index contributed by atoms with van der Waals surface area (Å²) in [6.45, 7) is 0. The van der Waals surface area contributed by atoms with Crippen molar-refractivity contribution >= 4 is 0 Å². The van der Waals surface area contributed by atoms with E-state index in [0.29, 0.717) is 0 Å². The van der Waals surface area contributed by atoms with E-state index < -0.39 is 13.6 Å². The Kier molecular flexibility index (Phi) is 10.5. The van der Waals surface area contributed by atoms with Crippen LogP contribution in [0.4, 0.5) is 0 Å². The zero-order valence-electron chi connectivity index (χ0n) is 3.13. The van der Waals surface area contributed by atoms with Gasteiger partial charge in [-0.1, -0.05) is 0 Å². The Morgan fingerprint density at radius 1 is 1.14 bits per heavy atom. The Balaban J connectivity index is -0.0000000800. The van der Waals surface area contributed by atoms with Gasteiger partial charge in [0.1, 0.15) is 0 Å². The van der Waals surface area contributed by atoms with Crippen LogP contribution in [0.2, 0.25) is 0 Å². The summed E-state index contributed by atoms with van der Waals surface area (Å²) in [7, 11) is 0. The normalized spacial score (nSPS) is 8.29. The first kappa shape index (κ1) is 15.6. The fourth-order valence-electron chi connectivity index (χ4n) is 0. The van der Waals surface area contributed by atoms with E-state index in [-0.39, 0.29) is 23.2 Å². The molecule has 0 atom stereocenters. The maximum absolute atomic E-state index is 8.82. The molecule has 7 heteroatoms. The van der Waals surface area contributed by atoms with Gasteiger partial charge in [-0.2, -0.15) is 0 Å². The molecule has 0 saturated heterocycles. The van der Waals surface area contributed by atoms with Crippen molar-refractivity contribution in [2.45, 2.75) is 0 Å². The Hall–Kier alpha value is 0.532. The molecule has 0 spiro atoms. The van der Waals surface area contributed by atoms with Crippen molar-refractivity contribution in [2.75, 3.05) is 0 Å². The number of rotatable bonds is 0. The molecule has 51 valence electrons. The van der Waals surface area contributed by atoms with Crippen LogP contribution in [0.3, 0.4) is 0 Å². The van der Waals surface area contributed by atoms with Crippen molar-refractivity contribution in [1.29, 1.82) is 0 Å². The molecule has 0 unspecified atom stereocenters. The second kappa shape index (κ2) is 4.69. The molecule has 0 aromatic rings. The second-order valence-electron chi connectivity index (χ2n) is 0.448. The van der Waals surface area contributed by atoms with Crippen LogP contribution in [0.25, 0.3) is 0 Å². The molecule has 0 saturated carbocycles. The molecule has 0 bridgehead atoms. The molecule has 0 aromatic heterocycles. The predicted octanol–water partition coefficient (Wildman–Crippen LogP) is -1.19. The molecule has 0 amide bonds. The fourth-order valence-corrected chi connectivity index (χ4v) is 0. The molecule has 5 N–H and O–H groups in total. The molecule has 0 heterocycles. The van der Waals surface area contributed by atoms with Crippen LogP contribution in [0.1, 0.15) is 0 Å². The van der Waals surface area contributed by atoms with Crippen molar-refractivity contribution < 1.29 is 46.6 Å². The maximum atomic E-state index is 8.82. The van der Waals surface area contributed by atoms with Crippen molar-refractivity contribution in [3.05, 3.63) is 0 Å². The standard InChI is InChI=1S/Cr.Cu.H3N.2H2O.2O/h;;1H3;2*1H2;;/q+2;;;;;;/p-2. The molecule has 0 aliphatic carbocycles. The van der Waals surface area contributed by atoms with Gasteiger partial charge in [-0.05, 0) is 0 Å². The van der Waals surface area contributed by atoms with Crippen molar-refractivity contribution in [2.24, 2.45) is 0 Å². The molecular weight excluding hydrogens is 194 g/mol. The van der Waals surface area contributed by atoms with Gasteiger partial charge >= 0.3 is 29.5 Å². The summed E-state index contributed by atoms with van der Waals surface area (Å²) in [4.78, 5) is 0. The molecule has 0 aliphatic rings. The molecule has 0 fully saturated rings. The van der Waals surface area contributed by atoms with E-state index in [1.165, 1.54) is 0 Å². The minimum absolute atomic E-state index is 0. The molecule has 0 aliphatic heterocycles. The first-order valence-electron chi connectivity index (χ1n) is 0.698. The van der Waals surface area contributed by atoms with E-state index >= 15 is 0 Å². The van der Waals surface area contributed by atoms with Gasteiger partial charge in [-0.3, -0.25) is 0 Å². The number of hydrogen-bond donors (Lipinski definition) is 3. The van der Waals surface area contributed by atoms with Crippen LogP contribution in [-0.4, -0.2) is 8.32 Å². The topological polar surface area (TPSA) is 110 Å². The molecule has 0 rings (SSSR count). The zero-order chi connectivity index (χ0) is 4.50. The van der Waals surface area contributed by atoms with Crippen LogP contribution in [-0.2, 0) is 38.3 Å². The summed E-state index contributed by atoms with van der Waals surface area (Å²) in [6, 6.07) is 0. The molecule has 0 aromatic carbocycles. The Morgan fingerprint density at radius 2 is 1.14 bits per heavy atom. The van der Waals surface area contributed by atoms with Crippen molar-refractivity contribution in [3.63, 3.8) is 0 Å². The van der Waals surface area contributed by atoms with E-state index in [2.05, 4.69) is 0 Å². The van der Waals surface area contributed by atoms with Gasteiger partial charge in [-0.25, -0.2) is 0 Å². The Labute approximate surface area is 53.2 Å². The summed E-state index contributed by atoms with van der Waals surface area (Å²) >= 11 is -5.25. The van der Waals surface area contributed by atoms with Gasteiger partial charge in [0, 0.05) is 17.1 Å². The quantitative estimate of drug-likeness (QED) is 0.424. The van der Waals surface area contributed by atoms with Crippen LogP contribution in [0, 0.1) is 0 Å². The fraction of sp³-hybridized carbons (Fsp3) is 0. The van der Waals surface area contributed by atoms with Crippen molar-refractivity contribution in [1.82, 2.24) is 6.15 Å². The third-order valence-electron chi connectivity index (χ3n) is 0. The van der Waals surface area contributed by atoms with Gasteiger partial charge in [0.05, 0.1) is 0 Å². The van der Waals surface area contributed by atoms with Gasteiger partial charge < -0.3 is 6.15 Å². The van der Waals surface area contributed by atoms with E-state index in [4.69, 9.17) is 15.9 Å². The molecule has 1 radical (unpaired) electrons. The third-order valence-corrected chi connectivity index (χ3v) is 0. The van der Waals surface area contributed by atoms with E-state index in [0.717, 1.165) is 0 Å². The third kappa shape index (κ3) is 474. The van der Waals surface area contributed by atoms with Crippen LogP contribution < -0.4 is 6.15 Å². The average Bonchev–Trinajstić information content (AvgIpc) is 0.722. The SMILES string of the molecule is N.[Cu].[O]=[Cr](=[O])([OH])[OH]. The molecule has 5 nitrogen and oxygen atoms in total. The van der Waals surface area contributed by atoms with E-state index in [1.807, 2.05) is 0 Å². The monoisotopic (exact) mass is 198 g/mol. The summed E-state index contributed by atoms with van der Waals surface area (Å²) in [5.41, 5.74) is 0. The van der Waals surface area contributed by atoms with Crippen LogP contribution >= 0.6 is 0 Å². The average molecular weight is 199 g/mol. The predicted molar refractivity (Wildman–Crippen MR) is 10.8 cm³/mol. The first-order chi connectivity index (χ1) is 2.00. The molecule has 7 heavy (non-hydrogen) atoms. The van der Waals surface area contributed by atoms with Gasteiger partial charge in [-0.15, -0.1) is 0 Å². The summed E-state index contributed by atoms with van der Waals surface area (Å²) in [5, 5.41) is 0. The first-order valence-corrected chi connectivity index (χ1v) is 2.88. The minimum atomic E-state index is -5.25. The second-order valence-corrected chi connectivity index (χ2v) is 1.85. The zero-order valence-corrected chi connectivity index (χ0v) is 5.34. The van der Waals surface area contributed by atoms with E-state index in [9.17, 15) is 0 Å². The van der Waals surface area contributed by atoms with Crippen molar-refractivity contribution in [3.8, 4) is 0 Å². The molecular formula is H5CrCuNO4. The van der Waals surface area contributed by atoms with Crippen LogP contribution in [0.15, 0.2) is 0 Å². The van der Waals surface area contributed by atoms with E-state index in [1.54, 1.807) is 0 Å². The number of hydrogen-bond acceptors (Lipinski definition) is 3. The van der Waals surface area contributed by atoms with Gasteiger partial charge in [0.25, 0.3) is 0 Å². The summed E-state index contributed by atoms with van der Waals surface area (Å²) < 4.78 is 31.9. The Bertz CT molecular complexity index is 94.9. The summed E-state index contributed by atoms with van der Waals surface area (Å²) in [6.07, 6.45) is 0.